The van der Waals surface area contributed by atoms with Crippen molar-refractivity contribution in [3.05, 3.63) is 94.0 Å². The van der Waals surface area contributed by atoms with Gasteiger partial charge in [0.2, 0.25) is 10.7 Å². The largest absolute Gasteiger partial charge is 0.497 e. The van der Waals surface area contributed by atoms with Crippen molar-refractivity contribution in [3.63, 3.8) is 0 Å². The van der Waals surface area contributed by atoms with Crippen molar-refractivity contribution in [2.75, 3.05) is 12.4 Å². The van der Waals surface area contributed by atoms with Crippen LogP contribution < -0.4 is 10.1 Å². The fraction of sp³-hybridized carbons (Fsp3) is 0.136. The van der Waals surface area contributed by atoms with Crippen molar-refractivity contribution in [3.8, 4) is 5.75 Å². The van der Waals surface area contributed by atoms with Gasteiger partial charge in [-0.25, -0.2) is 13.7 Å². The maximum atomic E-state index is 13.4. The molecule has 1 N–H and O–H groups in total. The molecule has 2 aromatic heterocycles. The molecule has 0 unspecified atom stereocenters. The maximum absolute atomic E-state index is 13.4. The summed E-state index contributed by atoms with van der Waals surface area (Å²) in [5, 5.41) is 7.21. The highest BCUT2D eigenvalue weighted by Crippen LogP contribution is 2.19. The normalized spacial score (nSPS) is 10.8. The summed E-state index contributed by atoms with van der Waals surface area (Å²) >= 11 is 11.4. The number of carbonyl (C=O) groups is 1. The average Bonchev–Trinajstić information content (AvgIpc) is 3.40. The molecule has 0 aliphatic carbocycles. The van der Waals surface area contributed by atoms with E-state index in [0.29, 0.717) is 22.7 Å². The Morgan fingerprint density at radius 2 is 1.91 bits per heavy atom. The van der Waals surface area contributed by atoms with Gasteiger partial charge in [0.1, 0.15) is 18.1 Å². The van der Waals surface area contributed by atoms with Gasteiger partial charge in [-0.05, 0) is 60.2 Å². The monoisotopic (exact) mass is 471 g/mol. The molecule has 0 spiro atoms. The summed E-state index contributed by atoms with van der Waals surface area (Å²) in [5.41, 5.74) is 1.40. The van der Waals surface area contributed by atoms with Crippen LogP contribution in [0.4, 0.5) is 10.1 Å². The number of halogens is 2. The molecule has 10 heteroatoms. The lowest BCUT2D eigenvalue weighted by Gasteiger charge is -2.08. The van der Waals surface area contributed by atoms with Gasteiger partial charge in [-0.1, -0.05) is 23.7 Å². The van der Waals surface area contributed by atoms with Gasteiger partial charge in [0.15, 0.2) is 5.82 Å². The van der Waals surface area contributed by atoms with Crippen molar-refractivity contribution in [2.24, 2.45) is 0 Å². The predicted octanol–water partition coefficient (Wildman–Crippen LogP) is 4.56. The number of carbonyl (C=O) groups excluding carboxylic acids is 1. The number of methoxy groups -OCH3 is 1. The minimum Gasteiger partial charge on any atom is -0.497 e. The van der Waals surface area contributed by atoms with Crippen LogP contribution in [0.25, 0.3) is 0 Å². The van der Waals surface area contributed by atoms with Crippen molar-refractivity contribution >= 4 is 35.4 Å². The predicted molar refractivity (Wildman–Crippen MR) is 122 cm³/mol. The van der Waals surface area contributed by atoms with Crippen LogP contribution in [-0.4, -0.2) is 32.1 Å². The van der Waals surface area contributed by atoms with Crippen LogP contribution in [-0.2, 0) is 17.8 Å². The van der Waals surface area contributed by atoms with Crippen molar-refractivity contribution in [2.45, 2.75) is 13.0 Å². The number of rotatable bonds is 7. The smallest absolute Gasteiger partial charge is 0.246 e. The van der Waals surface area contributed by atoms with Crippen molar-refractivity contribution in [1.82, 2.24) is 19.1 Å². The molecule has 0 atom stereocenters. The van der Waals surface area contributed by atoms with E-state index in [9.17, 15) is 9.18 Å². The summed E-state index contributed by atoms with van der Waals surface area (Å²) < 4.78 is 24.0. The third kappa shape index (κ3) is 4.74. The molecule has 0 aliphatic heterocycles. The van der Waals surface area contributed by atoms with Gasteiger partial charge in [-0.2, -0.15) is 5.10 Å². The zero-order chi connectivity index (χ0) is 22.7. The van der Waals surface area contributed by atoms with Crippen LogP contribution in [0.3, 0.4) is 0 Å². The minimum atomic E-state index is -0.555. The van der Waals surface area contributed by atoms with Crippen LogP contribution in [0.2, 0.25) is 5.02 Å². The first-order chi connectivity index (χ1) is 15.4. The first-order valence-electron chi connectivity index (χ1n) is 9.65. The quantitative estimate of drug-likeness (QED) is 0.401. The summed E-state index contributed by atoms with van der Waals surface area (Å²) in [7, 11) is 1.62. The second-order valence-corrected chi connectivity index (χ2v) is 7.71. The van der Waals surface area contributed by atoms with E-state index >= 15 is 0 Å². The molecule has 0 saturated carbocycles. The van der Waals surface area contributed by atoms with Crippen LogP contribution in [0, 0.1) is 10.6 Å². The summed E-state index contributed by atoms with van der Waals surface area (Å²) in [4.78, 5) is 12.6. The summed E-state index contributed by atoms with van der Waals surface area (Å²) in [6.07, 6.45) is 4.19. The molecule has 4 rings (SSSR count). The molecule has 4 aromatic rings. The fourth-order valence-corrected chi connectivity index (χ4v) is 3.67. The molecule has 0 saturated heterocycles. The Morgan fingerprint density at radius 3 is 2.56 bits per heavy atom. The van der Waals surface area contributed by atoms with Gasteiger partial charge in [0.05, 0.1) is 12.1 Å². The number of benzene rings is 2. The lowest BCUT2D eigenvalue weighted by molar-refractivity contribution is -0.116. The Labute approximate surface area is 193 Å². The molecule has 0 fully saturated rings. The summed E-state index contributed by atoms with van der Waals surface area (Å²) in [6.45, 7) is -0.113. The van der Waals surface area contributed by atoms with Gasteiger partial charge >= 0.3 is 0 Å². The molecule has 7 nitrogen and oxygen atoms in total. The number of aromatic nitrogens is 4. The van der Waals surface area contributed by atoms with Crippen molar-refractivity contribution in [1.29, 1.82) is 0 Å². The first kappa shape index (κ1) is 21.8. The molecular formula is C22H19ClFN5O2S. The zero-order valence-corrected chi connectivity index (χ0v) is 18.6. The van der Waals surface area contributed by atoms with E-state index < -0.39 is 5.82 Å². The van der Waals surface area contributed by atoms with Crippen LogP contribution >= 0.6 is 23.8 Å². The SMILES string of the molecule is COc1ccc(Cc2nn(CC(=O)Nc3ccc(F)c(Cl)c3)c(=S)n2-n2cccc2)cc1. The maximum Gasteiger partial charge on any atom is 0.246 e. The van der Waals surface area contributed by atoms with E-state index in [1.807, 2.05) is 53.5 Å². The van der Waals surface area contributed by atoms with E-state index in [2.05, 4.69) is 10.4 Å². The highest BCUT2D eigenvalue weighted by atomic mass is 35.5. The minimum absolute atomic E-state index is 0.0712. The standard InChI is InChI=1S/C22H19ClFN5O2S/c1-31-17-7-4-15(5-8-17)12-20-26-28(22(32)29(20)27-10-2-3-11-27)14-21(30)25-16-6-9-19(24)18(23)13-16/h2-11,13H,12,14H2,1H3,(H,25,30). The number of anilines is 1. The van der Waals surface area contributed by atoms with E-state index in [-0.39, 0.29) is 17.5 Å². The molecule has 1 amide bonds. The van der Waals surface area contributed by atoms with Gasteiger partial charge in [0, 0.05) is 24.5 Å². The third-order valence-electron chi connectivity index (χ3n) is 4.72. The lowest BCUT2D eigenvalue weighted by atomic mass is 10.1. The average molecular weight is 472 g/mol. The van der Waals surface area contributed by atoms with E-state index in [0.717, 1.165) is 11.3 Å². The number of hydrogen-bond acceptors (Lipinski definition) is 4. The molecule has 0 aliphatic rings. The summed E-state index contributed by atoms with van der Waals surface area (Å²) in [6, 6.07) is 15.4. The van der Waals surface area contributed by atoms with Gasteiger partial charge in [0.25, 0.3) is 0 Å². The van der Waals surface area contributed by atoms with Crippen LogP contribution in [0.15, 0.2) is 67.0 Å². The molecule has 164 valence electrons. The summed E-state index contributed by atoms with van der Waals surface area (Å²) in [5.74, 6) is 0.505. The van der Waals surface area contributed by atoms with E-state index in [1.165, 1.54) is 22.9 Å². The number of ether oxygens (including phenoxy) is 1. The number of hydrogen-bond donors (Lipinski definition) is 1. The highest BCUT2D eigenvalue weighted by Gasteiger charge is 2.15. The molecular weight excluding hydrogens is 453 g/mol. The highest BCUT2D eigenvalue weighted by molar-refractivity contribution is 7.71. The Balaban J connectivity index is 1.60. The zero-order valence-electron chi connectivity index (χ0n) is 17.0. The van der Waals surface area contributed by atoms with Gasteiger partial charge in [-0.3, -0.25) is 9.47 Å². The Kier molecular flexibility index (Phi) is 6.38. The molecule has 32 heavy (non-hydrogen) atoms. The topological polar surface area (TPSA) is 66.0 Å². The number of nitrogens with one attached hydrogen (secondary N) is 1. The Hall–Kier alpha value is -3.43. The van der Waals surface area contributed by atoms with E-state index in [1.54, 1.807) is 11.8 Å². The lowest BCUT2D eigenvalue weighted by Crippen LogP contribution is -2.20. The Bertz CT molecular complexity index is 1300. The van der Waals surface area contributed by atoms with Gasteiger partial charge < -0.3 is 10.1 Å². The third-order valence-corrected chi connectivity index (χ3v) is 5.39. The molecule has 2 aromatic carbocycles. The second kappa shape index (κ2) is 9.37. The van der Waals surface area contributed by atoms with Crippen LogP contribution in [0.5, 0.6) is 5.75 Å². The molecule has 0 bridgehead atoms. The molecule has 2 heterocycles. The number of amides is 1. The van der Waals surface area contributed by atoms with Crippen LogP contribution in [0.1, 0.15) is 11.4 Å². The number of nitrogens with zero attached hydrogens (tertiary/aromatic N) is 4. The molecule has 0 radical (unpaired) electrons. The van der Waals surface area contributed by atoms with E-state index in [4.69, 9.17) is 28.6 Å². The second-order valence-electron chi connectivity index (χ2n) is 6.93. The fourth-order valence-electron chi connectivity index (χ4n) is 3.18. The van der Waals surface area contributed by atoms with Crippen molar-refractivity contribution < 1.29 is 13.9 Å². The Morgan fingerprint density at radius 1 is 1.19 bits per heavy atom. The first-order valence-corrected chi connectivity index (χ1v) is 10.4. The van der Waals surface area contributed by atoms with Gasteiger partial charge in [-0.15, -0.1) is 0 Å².